The summed E-state index contributed by atoms with van der Waals surface area (Å²) < 4.78 is 6.06. The van der Waals surface area contributed by atoms with Crippen LogP contribution in [0.4, 0.5) is 5.82 Å². The summed E-state index contributed by atoms with van der Waals surface area (Å²) in [5.41, 5.74) is 3.43. The zero-order valence-corrected chi connectivity index (χ0v) is 15.4. The van der Waals surface area contributed by atoms with Crippen molar-refractivity contribution in [3.8, 4) is 5.75 Å². The quantitative estimate of drug-likeness (QED) is 0.505. The smallest absolute Gasteiger partial charge is 0.182 e. The molecule has 0 fully saturated rings. The van der Waals surface area contributed by atoms with Crippen molar-refractivity contribution in [3.63, 3.8) is 0 Å². The number of aromatic amines is 1. The molecule has 7 heteroatoms. The number of fused-ring (bicyclic) bond motifs is 1. The zero-order chi connectivity index (χ0) is 18.6. The van der Waals surface area contributed by atoms with Crippen molar-refractivity contribution >= 4 is 28.6 Å². The molecule has 136 valence electrons. The number of hydrogen-bond donors (Lipinski definition) is 2. The van der Waals surface area contributed by atoms with E-state index in [1.54, 1.807) is 6.33 Å². The van der Waals surface area contributed by atoms with Gasteiger partial charge >= 0.3 is 0 Å². The summed E-state index contributed by atoms with van der Waals surface area (Å²) in [6.45, 7) is 2.52. The molecule has 4 rings (SSSR count). The van der Waals surface area contributed by atoms with Crippen molar-refractivity contribution in [2.45, 2.75) is 19.6 Å². The molecule has 1 atom stereocenters. The maximum Gasteiger partial charge on any atom is 0.182 e. The van der Waals surface area contributed by atoms with E-state index in [-0.39, 0.29) is 6.04 Å². The summed E-state index contributed by atoms with van der Waals surface area (Å²) in [7, 11) is 0. The summed E-state index contributed by atoms with van der Waals surface area (Å²) in [5, 5.41) is 4.04. The molecule has 2 N–H and O–H groups in total. The van der Waals surface area contributed by atoms with Crippen LogP contribution < -0.4 is 10.1 Å². The molecule has 1 unspecified atom stereocenters. The Balaban J connectivity index is 1.58. The fraction of sp³-hybridized carbons (Fsp3) is 0.150. The summed E-state index contributed by atoms with van der Waals surface area (Å²) in [4.78, 5) is 15.7. The van der Waals surface area contributed by atoms with Crippen LogP contribution in [0.25, 0.3) is 11.2 Å². The van der Waals surface area contributed by atoms with Gasteiger partial charge in [0.05, 0.1) is 12.4 Å². The van der Waals surface area contributed by atoms with E-state index in [0.29, 0.717) is 23.1 Å². The number of aromatic nitrogens is 4. The van der Waals surface area contributed by atoms with Crippen LogP contribution in [0.1, 0.15) is 24.1 Å². The Kier molecular flexibility index (Phi) is 4.89. The predicted octanol–water partition coefficient (Wildman–Crippen LogP) is 4.76. The molecular formula is C20H18ClN5O. The van der Waals surface area contributed by atoms with Crippen LogP contribution in [0.5, 0.6) is 5.75 Å². The first-order valence-corrected chi connectivity index (χ1v) is 8.95. The van der Waals surface area contributed by atoms with E-state index in [4.69, 9.17) is 16.3 Å². The molecule has 0 aliphatic rings. The van der Waals surface area contributed by atoms with E-state index in [2.05, 4.69) is 25.3 Å². The standard InChI is InChI=1S/C20H18ClN5O/c1-13(26-20-18-19(23-11-22-18)24-12-25-20)16-9-15(21)7-8-17(16)27-10-14-5-3-2-4-6-14/h2-9,11-13H,10H2,1H3,(H2,22,23,24,25,26). The maximum atomic E-state index is 6.23. The number of H-pyrrole nitrogens is 1. The number of rotatable bonds is 6. The van der Waals surface area contributed by atoms with Gasteiger partial charge in [0.15, 0.2) is 11.5 Å². The van der Waals surface area contributed by atoms with Gasteiger partial charge in [-0.3, -0.25) is 0 Å². The average Bonchev–Trinajstić information content (AvgIpc) is 3.17. The zero-order valence-electron chi connectivity index (χ0n) is 14.7. The van der Waals surface area contributed by atoms with Crippen molar-refractivity contribution in [2.24, 2.45) is 0 Å². The van der Waals surface area contributed by atoms with Gasteiger partial charge in [0, 0.05) is 10.6 Å². The van der Waals surface area contributed by atoms with Crippen LogP contribution in [0.15, 0.2) is 61.2 Å². The molecule has 0 saturated heterocycles. The molecule has 6 nitrogen and oxygen atoms in total. The minimum Gasteiger partial charge on any atom is -0.489 e. The Hall–Kier alpha value is -3.12. The van der Waals surface area contributed by atoms with Crippen LogP contribution >= 0.6 is 11.6 Å². The summed E-state index contributed by atoms with van der Waals surface area (Å²) in [6.07, 6.45) is 3.09. The van der Waals surface area contributed by atoms with Gasteiger partial charge in [-0.15, -0.1) is 0 Å². The normalized spacial score (nSPS) is 12.1. The fourth-order valence-electron chi connectivity index (χ4n) is 2.88. The first-order valence-electron chi connectivity index (χ1n) is 8.57. The Morgan fingerprint density at radius 2 is 1.96 bits per heavy atom. The number of nitrogens with zero attached hydrogens (tertiary/aromatic N) is 3. The molecule has 4 aromatic rings. The summed E-state index contributed by atoms with van der Waals surface area (Å²) in [5.74, 6) is 1.46. The first-order chi connectivity index (χ1) is 13.2. The lowest BCUT2D eigenvalue weighted by Crippen LogP contribution is -2.11. The van der Waals surface area contributed by atoms with Gasteiger partial charge in [-0.25, -0.2) is 15.0 Å². The summed E-state index contributed by atoms with van der Waals surface area (Å²) in [6, 6.07) is 15.6. The van der Waals surface area contributed by atoms with Gasteiger partial charge in [-0.2, -0.15) is 0 Å². The van der Waals surface area contributed by atoms with Gasteiger partial charge in [0.2, 0.25) is 0 Å². The van der Waals surface area contributed by atoms with Crippen LogP contribution in [-0.4, -0.2) is 19.9 Å². The van der Waals surface area contributed by atoms with Gasteiger partial charge < -0.3 is 15.0 Å². The highest BCUT2D eigenvalue weighted by atomic mass is 35.5. The Labute approximate surface area is 161 Å². The van der Waals surface area contributed by atoms with Crippen molar-refractivity contribution in [1.29, 1.82) is 0 Å². The molecule has 0 aliphatic carbocycles. The lowest BCUT2D eigenvalue weighted by Gasteiger charge is -2.19. The Bertz CT molecular complexity index is 1050. The number of halogens is 1. The molecule has 0 aliphatic heterocycles. The monoisotopic (exact) mass is 379 g/mol. The molecule has 0 bridgehead atoms. The molecular weight excluding hydrogens is 362 g/mol. The van der Waals surface area contributed by atoms with Crippen LogP contribution in [-0.2, 0) is 6.61 Å². The summed E-state index contributed by atoms with van der Waals surface area (Å²) >= 11 is 6.23. The molecule has 2 aromatic heterocycles. The topological polar surface area (TPSA) is 75.7 Å². The number of nitrogens with one attached hydrogen (secondary N) is 2. The minimum absolute atomic E-state index is 0.0872. The number of hydrogen-bond acceptors (Lipinski definition) is 5. The van der Waals surface area contributed by atoms with Crippen molar-refractivity contribution < 1.29 is 4.74 Å². The van der Waals surface area contributed by atoms with E-state index in [0.717, 1.165) is 22.4 Å². The van der Waals surface area contributed by atoms with Gasteiger partial charge in [-0.05, 0) is 30.7 Å². The van der Waals surface area contributed by atoms with Crippen molar-refractivity contribution in [1.82, 2.24) is 19.9 Å². The number of ether oxygens (including phenoxy) is 1. The van der Waals surface area contributed by atoms with E-state index in [1.165, 1.54) is 6.33 Å². The molecule has 0 saturated carbocycles. The third kappa shape index (κ3) is 3.85. The second kappa shape index (κ2) is 7.63. The van der Waals surface area contributed by atoms with E-state index < -0.39 is 0 Å². The van der Waals surface area contributed by atoms with Gasteiger partial charge in [0.1, 0.15) is 24.2 Å². The molecule has 0 amide bonds. The maximum absolute atomic E-state index is 6.23. The minimum atomic E-state index is -0.0872. The highest BCUT2D eigenvalue weighted by Crippen LogP contribution is 2.31. The van der Waals surface area contributed by atoms with Crippen molar-refractivity contribution in [3.05, 3.63) is 77.3 Å². The average molecular weight is 380 g/mol. The van der Waals surface area contributed by atoms with E-state index in [1.807, 2.05) is 55.5 Å². The third-order valence-electron chi connectivity index (χ3n) is 4.25. The molecule has 27 heavy (non-hydrogen) atoms. The number of anilines is 1. The lowest BCUT2D eigenvalue weighted by molar-refractivity contribution is 0.302. The second-order valence-electron chi connectivity index (χ2n) is 6.15. The predicted molar refractivity (Wildman–Crippen MR) is 106 cm³/mol. The van der Waals surface area contributed by atoms with E-state index in [9.17, 15) is 0 Å². The Morgan fingerprint density at radius 3 is 2.81 bits per heavy atom. The molecule has 0 spiro atoms. The van der Waals surface area contributed by atoms with Gasteiger partial charge in [-0.1, -0.05) is 41.9 Å². The molecule has 0 radical (unpaired) electrons. The molecule has 2 heterocycles. The highest BCUT2D eigenvalue weighted by molar-refractivity contribution is 6.30. The lowest BCUT2D eigenvalue weighted by atomic mass is 10.1. The Morgan fingerprint density at radius 1 is 1.11 bits per heavy atom. The van der Waals surface area contributed by atoms with Crippen LogP contribution in [0, 0.1) is 0 Å². The largest absolute Gasteiger partial charge is 0.489 e. The molecule has 2 aromatic carbocycles. The third-order valence-corrected chi connectivity index (χ3v) is 4.49. The second-order valence-corrected chi connectivity index (χ2v) is 6.58. The fourth-order valence-corrected chi connectivity index (χ4v) is 3.06. The van der Waals surface area contributed by atoms with Gasteiger partial charge in [0.25, 0.3) is 0 Å². The highest BCUT2D eigenvalue weighted by Gasteiger charge is 2.15. The number of imidazole rings is 1. The first kappa shape index (κ1) is 17.3. The van der Waals surface area contributed by atoms with Crippen molar-refractivity contribution in [2.75, 3.05) is 5.32 Å². The van der Waals surface area contributed by atoms with E-state index >= 15 is 0 Å². The van der Waals surface area contributed by atoms with Crippen LogP contribution in [0.2, 0.25) is 5.02 Å². The number of benzene rings is 2. The SMILES string of the molecule is CC(Nc1ncnc2nc[nH]c12)c1cc(Cl)ccc1OCc1ccccc1. The van der Waals surface area contributed by atoms with Crippen LogP contribution in [0.3, 0.4) is 0 Å².